The van der Waals surface area contributed by atoms with E-state index in [9.17, 15) is 9.59 Å². The van der Waals surface area contributed by atoms with Crippen LogP contribution in [0.5, 0.6) is 0 Å². The molecule has 20 heavy (non-hydrogen) atoms. The first-order valence-corrected chi connectivity index (χ1v) is 6.46. The molecular formula is C14H13ClN2O3. The number of carbonyl (C=O) groups excluding carboxylic acids is 2. The second kappa shape index (κ2) is 6.34. The Bertz CT molecular complexity index is 620. The van der Waals surface area contributed by atoms with E-state index in [0.29, 0.717) is 17.9 Å². The Morgan fingerprint density at radius 3 is 2.70 bits per heavy atom. The van der Waals surface area contributed by atoms with Gasteiger partial charge < -0.3 is 4.74 Å². The third-order valence-corrected chi connectivity index (χ3v) is 2.90. The number of esters is 1. The molecule has 0 radical (unpaired) electrons. The fourth-order valence-corrected chi connectivity index (χ4v) is 1.86. The summed E-state index contributed by atoms with van der Waals surface area (Å²) in [5, 5.41) is 4.74. The van der Waals surface area contributed by atoms with E-state index < -0.39 is 5.97 Å². The van der Waals surface area contributed by atoms with E-state index in [4.69, 9.17) is 16.3 Å². The molecule has 0 amide bonds. The van der Waals surface area contributed by atoms with Gasteiger partial charge in [-0.1, -0.05) is 23.7 Å². The van der Waals surface area contributed by atoms with Gasteiger partial charge in [-0.15, -0.1) is 0 Å². The maximum absolute atomic E-state index is 11.7. The lowest BCUT2D eigenvalue weighted by atomic mass is 10.2. The molecule has 0 atom stereocenters. The van der Waals surface area contributed by atoms with Crippen LogP contribution < -0.4 is 0 Å². The first kappa shape index (κ1) is 14.3. The molecule has 1 heterocycles. The topological polar surface area (TPSA) is 61.2 Å². The lowest BCUT2D eigenvalue weighted by molar-refractivity contribution is 0.0516. The van der Waals surface area contributed by atoms with Crippen LogP contribution in [0.15, 0.2) is 30.5 Å². The van der Waals surface area contributed by atoms with Crippen molar-refractivity contribution in [3.05, 3.63) is 52.3 Å². The van der Waals surface area contributed by atoms with Gasteiger partial charge in [0.05, 0.1) is 18.7 Å². The zero-order valence-electron chi connectivity index (χ0n) is 10.9. The molecule has 1 aromatic heterocycles. The van der Waals surface area contributed by atoms with Gasteiger partial charge in [0, 0.05) is 11.2 Å². The van der Waals surface area contributed by atoms with Crippen molar-refractivity contribution in [3.63, 3.8) is 0 Å². The molecule has 0 unspecified atom stereocenters. The Balaban J connectivity index is 2.23. The van der Waals surface area contributed by atoms with Crippen LogP contribution >= 0.6 is 11.6 Å². The maximum Gasteiger partial charge on any atom is 0.359 e. The van der Waals surface area contributed by atoms with E-state index in [2.05, 4.69) is 5.10 Å². The van der Waals surface area contributed by atoms with Crippen molar-refractivity contribution < 1.29 is 14.3 Å². The van der Waals surface area contributed by atoms with E-state index in [-0.39, 0.29) is 17.9 Å². The molecule has 104 valence electrons. The number of hydrogen-bond donors (Lipinski definition) is 0. The molecule has 1 aromatic carbocycles. The lowest BCUT2D eigenvalue weighted by Crippen LogP contribution is -2.09. The monoisotopic (exact) mass is 292 g/mol. The summed E-state index contributed by atoms with van der Waals surface area (Å²) in [5.74, 6) is -0.593. The lowest BCUT2D eigenvalue weighted by Gasteiger charge is -2.02. The third-order valence-electron chi connectivity index (χ3n) is 2.64. The number of halogens is 1. The number of aromatic nitrogens is 2. The van der Waals surface area contributed by atoms with Crippen LogP contribution in [0, 0.1) is 0 Å². The molecule has 0 spiro atoms. The normalized spacial score (nSPS) is 10.3. The summed E-state index contributed by atoms with van der Waals surface area (Å²) < 4.78 is 6.39. The van der Waals surface area contributed by atoms with Crippen molar-refractivity contribution in [1.82, 2.24) is 9.78 Å². The highest BCUT2D eigenvalue weighted by Gasteiger charge is 2.17. The molecule has 6 heteroatoms. The van der Waals surface area contributed by atoms with Gasteiger partial charge in [0.2, 0.25) is 0 Å². The van der Waals surface area contributed by atoms with Gasteiger partial charge in [0.25, 0.3) is 0 Å². The number of nitrogens with zero attached hydrogens (tertiary/aromatic N) is 2. The summed E-state index contributed by atoms with van der Waals surface area (Å²) in [7, 11) is 0. The van der Waals surface area contributed by atoms with Crippen LogP contribution in [0.4, 0.5) is 0 Å². The van der Waals surface area contributed by atoms with Crippen molar-refractivity contribution in [3.8, 4) is 0 Å². The Labute approximate surface area is 121 Å². The SMILES string of the molecule is CCOC(=O)c1nn(Cc2ccc(Cl)cc2)cc1C=O. The summed E-state index contributed by atoms with van der Waals surface area (Å²) in [5.41, 5.74) is 1.22. The Kier molecular flexibility index (Phi) is 4.53. The van der Waals surface area contributed by atoms with Gasteiger partial charge in [-0.25, -0.2) is 4.79 Å². The van der Waals surface area contributed by atoms with Gasteiger partial charge >= 0.3 is 5.97 Å². The molecular weight excluding hydrogens is 280 g/mol. The number of benzene rings is 1. The molecule has 0 aliphatic heterocycles. The summed E-state index contributed by atoms with van der Waals surface area (Å²) in [6.07, 6.45) is 2.12. The van der Waals surface area contributed by atoms with E-state index in [1.165, 1.54) is 10.9 Å². The molecule has 0 saturated carbocycles. The third kappa shape index (κ3) is 3.24. The van der Waals surface area contributed by atoms with Crippen LogP contribution in [0.2, 0.25) is 5.02 Å². The van der Waals surface area contributed by atoms with Crippen molar-refractivity contribution in [2.75, 3.05) is 6.61 Å². The molecule has 0 fully saturated rings. The summed E-state index contributed by atoms with van der Waals surface area (Å²) in [4.78, 5) is 22.6. The van der Waals surface area contributed by atoms with Crippen LogP contribution in [0.1, 0.15) is 33.3 Å². The van der Waals surface area contributed by atoms with E-state index in [1.807, 2.05) is 12.1 Å². The van der Waals surface area contributed by atoms with Crippen LogP contribution in [-0.2, 0) is 11.3 Å². The first-order chi connectivity index (χ1) is 9.63. The van der Waals surface area contributed by atoms with Gasteiger partial charge in [0.15, 0.2) is 12.0 Å². The van der Waals surface area contributed by atoms with Crippen molar-refractivity contribution in [1.29, 1.82) is 0 Å². The zero-order chi connectivity index (χ0) is 14.5. The largest absolute Gasteiger partial charge is 0.461 e. The fraction of sp³-hybridized carbons (Fsp3) is 0.214. The second-order valence-corrected chi connectivity index (χ2v) is 4.53. The van der Waals surface area contributed by atoms with Crippen LogP contribution in [-0.4, -0.2) is 28.6 Å². The minimum Gasteiger partial charge on any atom is -0.461 e. The number of hydrogen-bond acceptors (Lipinski definition) is 4. The fourth-order valence-electron chi connectivity index (χ4n) is 1.74. The summed E-state index contributed by atoms with van der Waals surface area (Å²) in [6, 6.07) is 7.25. The maximum atomic E-state index is 11.7. The summed E-state index contributed by atoms with van der Waals surface area (Å²) >= 11 is 5.81. The molecule has 0 bridgehead atoms. The molecule has 5 nitrogen and oxygen atoms in total. The highest BCUT2D eigenvalue weighted by atomic mass is 35.5. The second-order valence-electron chi connectivity index (χ2n) is 4.10. The Hall–Kier alpha value is -2.14. The Morgan fingerprint density at radius 2 is 2.10 bits per heavy atom. The number of ether oxygens (including phenoxy) is 1. The standard InChI is InChI=1S/C14H13ClN2O3/c1-2-20-14(19)13-11(9-18)8-17(16-13)7-10-3-5-12(15)6-4-10/h3-6,8-9H,2,7H2,1H3. The van der Waals surface area contributed by atoms with E-state index >= 15 is 0 Å². The van der Waals surface area contributed by atoms with Gasteiger partial charge in [-0.3, -0.25) is 9.48 Å². The molecule has 0 N–H and O–H groups in total. The average Bonchev–Trinajstić information content (AvgIpc) is 2.85. The molecule has 0 aliphatic rings. The Morgan fingerprint density at radius 1 is 1.40 bits per heavy atom. The highest BCUT2D eigenvalue weighted by Crippen LogP contribution is 2.12. The molecule has 2 aromatic rings. The minimum atomic E-state index is -0.593. The minimum absolute atomic E-state index is 0.0378. The van der Waals surface area contributed by atoms with Crippen molar-refractivity contribution in [2.24, 2.45) is 0 Å². The van der Waals surface area contributed by atoms with Crippen LogP contribution in [0.25, 0.3) is 0 Å². The number of carbonyl (C=O) groups is 2. The van der Waals surface area contributed by atoms with Crippen molar-refractivity contribution >= 4 is 23.9 Å². The van der Waals surface area contributed by atoms with Crippen LogP contribution in [0.3, 0.4) is 0 Å². The highest BCUT2D eigenvalue weighted by molar-refractivity contribution is 6.30. The summed E-state index contributed by atoms with van der Waals surface area (Å²) in [6.45, 7) is 2.38. The number of aldehydes is 1. The average molecular weight is 293 g/mol. The predicted molar refractivity (Wildman–Crippen MR) is 74.1 cm³/mol. The van der Waals surface area contributed by atoms with E-state index in [1.54, 1.807) is 19.1 Å². The zero-order valence-corrected chi connectivity index (χ0v) is 11.6. The first-order valence-electron chi connectivity index (χ1n) is 6.08. The smallest absolute Gasteiger partial charge is 0.359 e. The van der Waals surface area contributed by atoms with Crippen molar-refractivity contribution in [2.45, 2.75) is 13.5 Å². The van der Waals surface area contributed by atoms with Gasteiger partial charge in [0.1, 0.15) is 0 Å². The predicted octanol–water partition coefficient (Wildman–Crippen LogP) is 2.57. The molecule has 2 rings (SSSR count). The quantitative estimate of drug-likeness (QED) is 0.628. The van der Waals surface area contributed by atoms with Gasteiger partial charge in [-0.2, -0.15) is 5.10 Å². The van der Waals surface area contributed by atoms with Gasteiger partial charge in [-0.05, 0) is 24.6 Å². The van der Waals surface area contributed by atoms with E-state index in [0.717, 1.165) is 5.56 Å². The number of rotatable bonds is 5. The molecule has 0 aliphatic carbocycles. The molecule has 0 saturated heterocycles.